The molecule has 1 amide bonds. The van der Waals surface area contributed by atoms with Crippen LogP contribution < -0.4 is 0 Å². The standard InChI is InChI=1S/C13H16ClNO/c1-4-13(16)15(10(2)3)9-11-6-5-7-12(14)8-11/h4-8,10H,1,9H2,2-3H3. The number of halogens is 1. The van der Waals surface area contributed by atoms with E-state index >= 15 is 0 Å². The molecule has 16 heavy (non-hydrogen) atoms. The number of hydrogen-bond donors (Lipinski definition) is 0. The summed E-state index contributed by atoms with van der Waals surface area (Å²) < 4.78 is 0. The summed E-state index contributed by atoms with van der Waals surface area (Å²) in [6.45, 7) is 8.02. The summed E-state index contributed by atoms with van der Waals surface area (Å²) in [4.78, 5) is 13.4. The predicted octanol–water partition coefficient (Wildman–Crippen LogP) is 3.26. The number of carbonyl (C=O) groups excluding carboxylic acids is 1. The van der Waals surface area contributed by atoms with Crippen LogP contribution in [-0.2, 0) is 11.3 Å². The molecule has 0 N–H and O–H groups in total. The summed E-state index contributed by atoms with van der Waals surface area (Å²) in [6, 6.07) is 7.67. The maximum Gasteiger partial charge on any atom is 0.246 e. The molecule has 0 aliphatic carbocycles. The molecule has 1 aromatic carbocycles. The Labute approximate surface area is 102 Å². The van der Waals surface area contributed by atoms with E-state index in [0.717, 1.165) is 5.56 Å². The molecule has 0 spiro atoms. The lowest BCUT2D eigenvalue weighted by molar-refractivity contribution is -0.128. The summed E-state index contributed by atoms with van der Waals surface area (Å²) in [6.07, 6.45) is 1.34. The zero-order valence-corrected chi connectivity index (χ0v) is 10.4. The Bertz CT molecular complexity index is 387. The van der Waals surface area contributed by atoms with Crippen LogP contribution in [0.1, 0.15) is 19.4 Å². The van der Waals surface area contributed by atoms with Gasteiger partial charge in [0.2, 0.25) is 5.91 Å². The van der Waals surface area contributed by atoms with Crippen molar-refractivity contribution in [1.29, 1.82) is 0 Å². The minimum absolute atomic E-state index is 0.0602. The van der Waals surface area contributed by atoms with E-state index < -0.39 is 0 Å². The molecule has 0 fully saturated rings. The summed E-state index contributed by atoms with van der Waals surface area (Å²) in [7, 11) is 0. The molecule has 1 aromatic rings. The molecule has 0 saturated carbocycles. The van der Waals surface area contributed by atoms with Crippen LogP contribution in [0.15, 0.2) is 36.9 Å². The fraction of sp³-hybridized carbons (Fsp3) is 0.308. The lowest BCUT2D eigenvalue weighted by atomic mass is 10.2. The van der Waals surface area contributed by atoms with Crippen molar-refractivity contribution in [3.05, 3.63) is 47.5 Å². The van der Waals surface area contributed by atoms with E-state index in [2.05, 4.69) is 6.58 Å². The molecule has 1 rings (SSSR count). The van der Waals surface area contributed by atoms with E-state index in [1.54, 1.807) is 4.90 Å². The van der Waals surface area contributed by atoms with E-state index in [9.17, 15) is 4.79 Å². The zero-order chi connectivity index (χ0) is 12.1. The second-order valence-electron chi connectivity index (χ2n) is 3.89. The van der Waals surface area contributed by atoms with Gasteiger partial charge in [0, 0.05) is 17.6 Å². The molecule has 0 unspecified atom stereocenters. The average molecular weight is 238 g/mol. The van der Waals surface area contributed by atoms with E-state index in [1.165, 1.54) is 6.08 Å². The highest BCUT2D eigenvalue weighted by Crippen LogP contribution is 2.14. The van der Waals surface area contributed by atoms with Gasteiger partial charge in [-0.1, -0.05) is 30.3 Å². The van der Waals surface area contributed by atoms with Gasteiger partial charge in [0.05, 0.1) is 0 Å². The molecule has 0 aliphatic heterocycles. The molecular formula is C13H16ClNO. The molecule has 0 aliphatic rings. The third kappa shape index (κ3) is 3.38. The summed E-state index contributed by atoms with van der Waals surface area (Å²) in [5.74, 6) is -0.0602. The van der Waals surface area contributed by atoms with Crippen LogP contribution in [0.2, 0.25) is 5.02 Å². The van der Waals surface area contributed by atoms with Crippen molar-refractivity contribution >= 4 is 17.5 Å². The normalized spacial score (nSPS) is 10.2. The number of carbonyl (C=O) groups is 1. The summed E-state index contributed by atoms with van der Waals surface area (Å²) in [5, 5.41) is 0.687. The maximum absolute atomic E-state index is 11.6. The van der Waals surface area contributed by atoms with Gasteiger partial charge in [0.1, 0.15) is 0 Å². The van der Waals surface area contributed by atoms with Gasteiger partial charge >= 0.3 is 0 Å². The number of nitrogens with zero attached hydrogens (tertiary/aromatic N) is 1. The number of hydrogen-bond acceptors (Lipinski definition) is 1. The minimum Gasteiger partial charge on any atom is -0.332 e. The van der Waals surface area contributed by atoms with Crippen molar-refractivity contribution in [1.82, 2.24) is 4.90 Å². The van der Waals surface area contributed by atoms with E-state index in [1.807, 2.05) is 38.1 Å². The van der Waals surface area contributed by atoms with Gasteiger partial charge in [-0.3, -0.25) is 4.79 Å². The van der Waals surface area contributed by atoms with Crippen molar-refractivity contribution < 1.29 is 4.79 Å². The molecule has 0 bridgehead atoms. The molecule has 0 atom stereocenters. The van der Waals surface area contributed by atoms with Crippen molar-refractivity contribution in [2.45, 2.75) is 26.4 Å². The Morgan fingerprint density at radius 1 is 1.56 bits per heavy atom. The van der Waals surface area contributed by atoms with Crippen LogP contribution >= 0.6 is 11.6 Å². The van der Waals surface area contributed by atoms with Crippen molar-refractivity contribution in [2.24, 2.45) is 0 Å². The van der Waals surface area contributed by atoms with E-state index in [-0.39, 0.29) is 11.9 Å². The second-order valence-corrected chi connectivity index (χ2v) is 4.33. The van der Waals surface area contributed by atoms with Crippen LogP contribution in [0.4, 0.5) is 0 Å². The van der Waals surface area contributed by atoms with Gasteiger partial charge in [-0.05, 0) is 37.6 Å². The Morgan fingerprint density at radius 2 is 2.25 bits per heavy atom. The van der Waals surface area contributed by atoms with Crippen LogP contribution in [0.25, 0.3) is 0 Å². The Balaban J connectivity index is 2.83. The van der Waals surface area contributed by atoms with Gasteiger partial charge < -0.3 is 4.90 Å². The lowest BCUT2D eigenvalue weighted by Crippen LogP contribution is -2.35. The largest absolute Gasteiger partial charge is 0.332 e. The highest BCUT2D eigenvalue weighted by atomic mass is 35.5. The molecule has 0 radical (unpaired) electrons. The van der Waals surface area contributed by atoms with Gasteiger partial charge in [0.25, 0.3) is 0 Å². The molecular weight excluding hydrogens is 222 g/mol. The quantitative estimate of drug-likeness (QED) is 0.736. The topological polar surface area (TPSA) is 20.3 Å². The highest BCUT2D eigenvalue weighted by Gasteiger charge is 2.14. The van der Waals surface area contributed by atoms with E-state index in [0.29, 0.717) is 11.6 Å². The third-order valence-corrected chi connectivity index (χ3v) is 2.56. The average Bonchev–Trinajstić information content (AvgIpc) is 2.24. The van der Waals surface area contributed by atoms with Crippen LogP contribution in [0, 0.1) is 0 Å². The predicted molar refractivity (Wildman–Crippen MR) is 67.3 cm³/mol. The Kier molecular flexibility index (Phi) is 4.56. The maximum atomic E-state index is 11.6. The van der Waals surface area contributed by atoms with Gasteiger partial charge in [-0.25, -0.2) is 0 Å². The molecule has 2 nitrogen and oxygen atoms in total. The molecule has 0 saturated heterocycles. The number of amides is 1. The van der Waals surface area contributed by atoms with Crippen molar-refractivity contribution in [2.75, 3.05) is 0 Å². The summed E-state index contributed by atoms with van der Waals surface area (Å²) >= 11 is 5.90. The van der Waals surface area contributed by atoms with Crippen molar-refractivity contribution in [3.63, 3.8) is 0 Å². The fourth-order valence-corrected chi connectivity index (χ4v) is 1.68. The number of rotatable bonds is 4. The third-order valence-electron chi connectivity index (χ3n) is 2.32. The number of benzene rings is 1. The Hall–Kier alpha value is -1.28. The van der Waals surface area contributed by atoms with Crippen LogP contribution in [-0.4, -0.2) is 16.8 Å². The van der Waals surface area contributed by atoms with Gasteiger partial charge in [-0.15, -0.1) is 0 Å². The lowest BCUT2D eigenvalue weighted by Gasteiger charge is -2.25. The fourth-order valence-electron chi connectivity index (χ4n) is 1.46. The van der Waals surface area contributed by atoms with Crippen LogP contribution in [0.3, 0.4) is 0 Å². The van der Waals surface area contributed by atoms with Crippen LogP contribution in [0.5, 0.6) is 0 Å². The monoisotopic (exact) mass is 237 g/mol. The smallest absolute Gasteiger partial charge is 0.246 e. The molecule has 0 aromatic heterocycles. The highest BCUT2D eigenvalue weighted by molar-refractivity contribution is 6.30. The molecule has 0 heterocycles. The zero-order valence-electron chi connectivity index (χ0n) is 9.61. The Morgan fingerprint density at radius 3 is 2.75 bits per heavy atom. The second kappa shape index (κ2) is 5.71. The first-order valence-electron chi connectivity index (χ1n) is 5.22. The van der Waals surface area contributed by atoms with Gasteiger partial charge in [0.15, 0.2) is 0 Å². The molecule has 3 heteroatoms. The summed E-state index contributed by atoms with van der Waals surface area (Å²) in [5.41, 5.74) is 1.02. The first kappa shape index (κ1) is 12.8. The van der Waals surface area contributed by atoms with E-state index in [4.69, 9.17) is 11.6 Å². The molecule has 86 valence electrons. The van der Waals surface area contributed by atoms with Crippen molar-refractivity contribution in [3.8, 4) is 0 Å². The van der Waals surface area contributed by atoms with Gasteiger partial charge in [-0.2, -0.15) is 0 Å². The first-order valence-corrected chi connectivity index (χ1v) is 5.60. The minimum atomic E-state index is -0.0602. The first-order chi connectivity index (χ1) is 7.54. The SMILES string of the molecule is C=CC(=O)N(Cc1cccc(Cl)c1)C(C)C.